The fourth-order valence-electron chi connectivity index (χ4n) is 2.92. The van der Waals surface area contributed by atoms with E-state index in [0.717, 1.165) is 6.54 Å². The third-order valence-electron chi connectivity index (χ3n) is 4.66. The second-order valence-electron chi connectivity index (χ2n) is 6.53. The molecule has 1 heteroatoms. The summed E-state index contributed by atoms with van der Waals surface area (Å²) in [4.78, 5) is 0. The Morgan fingerprint density at radius 3 is 1.31 bits per heavy atom. The summed E-state index contributed by atoms with van der Waals surface area (Å²) in [6.07, 6.45) is 18.4. The topological polar surface area (TPSA) is 12.0 Å². The average Bonchev–Trinajstić information content (AvgIpc) is 2.71. The van der Waals surface area contributed by atoms with Gasteiger partial charge < -0.3 is 5.32 Å². The van der Waals surface area contributed by atoms with E-state index in [1.165, 1.54) is 77.0 Å². The van der Waals surface area contributed by atoms with E-state index in [2.05, 4.69) is 46.5 Å². The molecule has 0 bridgehead atoms. The van der Waals surface area contributed by atoms with Gasteiger partial charge in [-0.2, -0.15) is 0 Å². The van der Waals surface area contributed by atoms with Crippen LogP contribution in [0.3, 0.4) is 0 Å². The summed E-state index contributed by atoms with van der Waals surface area (Å²) in [6, 6.07) is 0. The van der Waals surface area contributed by atoms with Crippen molar-refractivity contribution in [2.45, 2.75) is 145 Å². The van der Waals surface area contributed by atoms with Crippen molar-refractivity contribution in [2.24, 2.45) is 0 Å². The number of hydrogen-bond acceptors (Lipinski definition) is 1. The Hall–Kier alpha value is -0.300. The minimum Gasteiger partial charge on any atom is -0.308 e. The zero-order valence-corrected chi connectivity index (χ0v) is 20.5. The van der Waals surface area contributed by atoms with Crippen molar-refractivity contribution in [3.63, 3.8) is 0 Å². The molecule has 0 heterocycles. The van der Waals surface area contributed by atoms with E-state index in [1.54, 1.807) is 0 Å². The van der Waals surface area contributed by atoms with Crippen molar-refractivity contribution in [1.82, 2.24) is 5.32 Å². The standard InChI is InChI=1S/C11H23N.C10H22.2C2H6/c1-5-9-11(7-3,8-4)12-10-6-2;1-3-5-7-9-10-8-6-4-2;2*1-2/h6,12H,2,5,7-10H2,1,3-4H3;3-10H2,1-2H3;2*1-2H3. The molecule has 0 saturated heterocycles. The molecule has 0 radical (unpaired) electrons. The van der Waals surface area contributed by atoms with E-state index in [9.17, 15) is 0 Å². The van der Waals surface area contributed by atoms with Crippen molar-refractivity contribution in [3.8, 4) is 0 Å². The lowest BCUT2D eigenvalue weighted by Crippen LogP contribution is -2.44. The quantitative estimate of drug-likeness (QED) is 0.237. The number of unbranched alkanes of at least 4 members (excludes halogenated alkanes) is 7. The van der Waals surface area contributed by atoms with Crippen LogP contribution in [0.25, 0.3) is 0 Å². The van der Waals surface area contributed by atoms with Crippen molar-refractivity contribution >= 4 is 0 Å². The number of hydrogen-bond donors (Lipinski definition) is 1. The molecule has 0 saturated carbocycles. The molecule has 1 nitrogen and oxygen atoms in total. The maximum absolute atomic E-state index is 3.73. The van der Waals surface area contributed by atoms with Crippen LogP contribution in [0.2, 0.25) is 0 Å². The molecule has 0 rings (SSSR count). The Kier molecular flexibility index (Phi) is 41.5. The van der Waals surface area contributed by atoms with Gasteiger partial charge in [0.25, 0.3) is 0 Å². The normalized spacial score (nSPS) is 9.73. The molecule has 0 amide bonds. The maximum Gasteiger partial charge on any atom is 0.0179 e. The number of nitrogens with one attached hydrogen (secondary N) is 1. The Morgan fingerprint density at radius 1 is 0.654 bits per heavy atom. The highest BCUT2D eigenvalue weighted by Crippen LogP contribution is 2.20. The van der Waals surface area contributed by atoms with Gasteiger partial charge in [-0.05, 0) is 19.3 Å². The van der Waals surface area contributed by atoms with Gasteiger partial charge in [0.15, 0.2) is 0 Å². The van der Waals surface area contributed by atoms with Gasteiger partial charge in [0.05, 0.1) is 0 Å². The summed E-state index contributed by atoms with van der Waals surface area (Å²) in [6.45, 7) is 24.0. The molecular weight excluding hydrogens is 314 g/mol. The fraction of sp³-hybridized carbons (Fsp3) is 0.920. The first-order valence-electron chi connectivity index (χ1n) is 12.0. The summed E-state index contributed by atoms with van der Waals surface area (Å²) in [5.41, 5.74) is 0.364. The Bertz CT molecular complexity index is 198. The predicted octanol–water partition coefficient (Wildman–Crippen LogP) is 9.32. The first-order chi connectivity index (χ1) is 12.7. The van der Waals surface area contributed by atoms with Crippen molar-refractivity contribution in [3.05, 3.63) is 12.7 Å². The molecule has 0 aliphatic rings. The van der Waals surface area contributed by atoms with E-state index in [4.69, 9.17) is 0 Å². The van der Waals surface area contributed by atoms with Crippen LogP contribution < -0.4 is 5.32 Å². The Labute approximate surface area is 169 Å². The van der Waals surface area contributed by atoms with E-state index in [0.29, 0.717) is 5.54 Å². The van der Waals surface area contributed by atoms with E-state index in [-0.39, 0.29) is 0 Å². The second kappa shape index (κ2) is 32.4. The number of rotatable bonds is 14. The van der Waals surface area contributed by atoms with Crippen LogP contribution in [0.5, 0.6) is 0 Å². The minimum atomic E-state index is 0.364. The first-order valence-corrected chi connectivity index (χ1v) is 12.0. The summed E-state index contributed by atoms with van der Waals surface area (Å²) in [7, 11) is 0. The minimum absolute atomic E-state index is 0.364. The fourth-order valence-corrected chi connectivity index (χ4v) is 2.92. The lowest BCUT2D eigenvalue weighted by atomic mass is 9.88. The van der Waals surface area contributed by atoms with Gasteiger partial charge >= 0.3 is 0 Å². The summed E-state index contributed by atoms with van der Waals surface area (Å²) in [5, 5.41) is 3.57. The van der Waals surface area contributed by atoms with Crippen molar-refractivity contribution in [2.75, 3.05) is 6.54 Å². The largest absolute Gasteiger partial charge is 0.308 e. The van der Waals surface area contributed by atoms with Crippen LogP contribution in [0.15, 0.2) is 12.7 Å². The summed E-state index contributed by atoms with van der Waals surface area (Å²) in [5.74, 6) is 0. The first kappa shape index (κ1) is 33.3. The van der Waals surface area contributed by atoms with Crippen LogP contribution in [-0.2, 0) is 0 Å². The van der Waals surface area contributed by atoms with E-state index < -0.39 is 0 Å². The molecule has 0 aromatic carbocycles. The Morgan fingerprint density at radius 2 is 1.04 bits per heavy atom. The molecular formula is C25H57N. The van der Waals surface area contributed by atoms with Crippen LogP contribution in [-0.4, -0.2) is 12.1 Å². The molecule has 0 spiro atoms. The molecule has 0 fully saturated rings. The van der Waals surface area contributed by atoms with Gasteiger partial charge in [0, 0.05) is 12.1 Å². The third kappa shape index (κ3) is 25.9. The highest BCUT2D eigenvalue weighted by atomic mass is 15.0. The van der Waals surface area contributed by atoms with Gasteiger partial charge in [0.1, 0.15) is 0 Å². The smallest absolute Gasteiger partial charge is 0.0179 e. The van der Waals surface area contributed by atoms with Crippen LogP contribution in [0.4, 0.5) is 0 Å². The molecule has 0 atom stereocenters. The molecule has 0 unspecified atom stereocenters. The van der Waals surface area contributed by atoms with E-state index in [1.807, 2.05) is 33.8 Å². The molecule has 0 aromatic rings. The molecule has 0 aliphatic heterocycles. The summed E-state index contributed by atoms with van der Waals surface area (Å²) >= 11 is 0. The summed E-state index contributed by atoms with van der Waals surface area (Å²) < 4.78 is 0. The SMILES string of the molecule is C=CCNC(CC)(CC)CCC.CC.CC.CCCCCCCCCC. The van der Waals surface area contributed by atoms with Crippen LogP contribution in [0, 0.1) is 0 Å². The monoisotopic (exact) mass is 371 g/mol. The van der Waals surface area contributed by atoms with Crippen molar-refractivity contribution in [1.29, 1.82) is 0 Å². The maximum atomic E-state index is 3.73. The zero-order valence-electron chi connectivity index (χ0n) is 20.5. The van der Waals surface area contributed by atoms with Gasteiger partial charge in [-0.1, -0.05) is 126 Å². The van der Waals surface area contributed by atoms with Gasteiger partial charge in [0.2, 0.25) is 0 Å². The lowest BCUT2D eigenvalue weighted by Gasteiger charge is -2.32. The molecule has 26 heavy (non-hydrogen) atoms. The lowest BCUT2D eigenvalue weighted by molar-refractivity contribution is 0.288. The highest BCUT2D eigenvalue weighted by Gasteiger charge is 2.22. The predicted molar refractivity (Wildman–Crippen MR) is 127 cm³/mol. The van der Waals surface area contributed by atoms with Crippen LogP contribution in [0.1, 0.15) is 139 Å². The van der Waals surface area contributed by atoms with Gasteiger partial charge in [-0.15, -0.1) is 6.58 Å². The average molecular weight is 372 g/mol. The van der Waals surface area contributed by atoms with Gasteiger partial charge in [-0.3, -0.25) is 0 Å². The second-order valence-corrected chi connectivity index (χ2v) is 6.53. The van der Waals surface area contributed by atoms with Crippen molar-refractivity contribution < 1.29 is 0 Å². The molecule has 0 aliphatic carbocycles. The third-order valence-corrected chi connectivity index (χ3v) is 4.66. The molecule has 1 N–H and O–H groups in total. The molecule has 162 valence electrons. The zero-order chi connectivity index (χ0) is 21.1. The molecule has 0 aromatic heterocycles. The van der Waals surface area contributed by atoms with Crippen LogP contribution >= 0.6 is 0 Å². The Balaban J connectivity index is -0.000000157. The highest BCUT2D eigenvalue weighted by molar-refractivity contribution is 4.87. The van der Waals surface area contributed by atoms with E-state index >= 15 is 0 Å². The van der Waals surface area contributed by atoms with Gasteiger partial charge in [-0.25, -0.2) is 0 Å².